The Kier molecular flexibility index (Phi) is 6.98. The Morgan fingerprint density at radius 2 is 1.66 bits per heavy atom. The van der Waals surface area contributed by atoms with Crippen molar-refractivity contribution in [3.63, 3.8) is 0 Å². The monoisotopic (exact) mass is 508 g/mol. The van der Waals surface area contributed by atoms with Gasteiger partial charge in [-0.15, -0.1) is 0 Å². The van der Waals surface area contributed by atoms with Crippen molar-refractivity contribution in [1.29, 1.82) is 0 Å². The minimum Gasteiger partial charge on any atom is -0.378 e. The molecule has 5 rings (SSSR count). The van der Waals surface area contributed by atoms with E-state index in [0.29, 0.717) is 13.0 Å². The van der Waals surface area contributed by atoms with E-state index in [4.69, 9.17) is 0 Å². The zero-order valence-electron chi connectivity index (χ0n) is 22.6. The average Bonchev–Trinajstić information content (AvgIpc) is 3.02. The summed E-state index contributed by atoms with van der Waals surface area (Å²) in [6.07, 6.45) is 1.24. The molecule has 6 heteroatoms. The largest absolute Gasteiger partial charge is 0.378 e. The molecule has 0 radical (unpaired) electrons. The van der Waals surface area contributed by atoms with Gasteiger partial charge in [0.2, 0.25) is 5.91 Å². The van der Waals surface area contributed by atoms with Gasteiger partial charge in [-0.3, -0.25) is 9.59 Å². The van der Waals surface area contributed by atoms with Crippen LogP contribution in [0.5, 0.6) is 0 Å². The first-order chi connectivity index (χ1) is 18.2. The summed E-state index contributed by atoms with van der Waals surface area (Å²) in [6.45, 7) is 4.86. The fourth-order valence-electron chi connectivity index (χ4n) is 5.54. The fourth-order valence-corrected chi connectivity index (χ4v) is 5.54. The number of Topliss-reactive ketones (excluding diaryl/α,β-unsaturated/α-hetero) is 1. The van der Waals surface area contributed by atoms with Gasteiger partial charge in [-0.2, -0.15) is 0 Å². The van der Waals surface area contributed by atoms with Crippen LogP contribution in [0.2, 0.25) is 0 Å². The summed E-state index contributed by atoms with van der Waals surface area (Å²) in [5, 5.41) is 6.70. The third-order valence-corrected chi connectivity index (χ3v) is 7.38. The van der Waals surface area contributed by atoms with Crippen LogP contribution in [0.25, 0.3) is 0 Å². The van der Waals surface area contributed by atoms with Crippen molar-refractivity contribution in [2.75, 3.05) is 35.8 Å². The molecule has 0 bridgehead atoms. The molecule has 0 aromatic heterocycles. The molecule has 3 aromatic carbocycles. The van der Waals surface area contributed by atoms with E-state index in [-0.39, 0.29) is 29.7 Å². The van der Waals surface area contributed by atoms with Gasteiger partial charge in [-0.1, -0.05) is 68.4 Å². The second-order valence-corrected chi connectivity index (χ2v) is 11.3. The van der Waals surface area contributed by atoms with E-state index in [9.17, 15) is 9.59 Å². The minimum atomic E-state index is -0.386. The number of hydrogen-bond donors (Lipinski definition) is 2. The second-order valence-electron chi connectivity index (χ2n) is 11.3. The summed E-state index contributed by atoms with van der Waals surface area (Å²) in [7, 11) is 4.02. The molecule has 1 heterocycles. The molecule has 0 fully saturated rings. The van der Waals surface area contributed by atoms with E-state index in [2.05, 4.69) is 58.5 Å². The molecule has 0 saturated heterocycles. The fraction of sp³-hybridized carbons (Fsp3) is 0.312. The number of carbonyl (C=O) groups is 2. The lowest BCUT2D eigenvalue weighted by Gasteiger charge is -2.38. The molecule has 1 atom stereocenters. The van der Waals surface area contributed by atoms with Gasteiger partial charge in [0.25, 0.3) is 0 Å². The number of nitrogens with zero attached hydrogens (tertiary/aromatic N) is 2. The average molecular weight is 509 g/mol. The smallest absolute Gasteiger partial charge is 0.239 e. The Balaban J connectivity index is 1.58. The van der Waals surface area contributed by atoms with Gasteiger partial charge in [-0.25, -0.2) is 0 Å². The first-order valence-electron chi connectivity index (χ1n) is 13.2. The van der Waals surface area contributed by atoms with Gasteiger partial charge in [-0.05, 0) is 47.2 Å². The van der Waals surface area contributed by atoms with Gasteiger partial charge in [0, 0.05) is 44.0 Å². The van der Waals surface area contributed by atoms with Gasteiger partial charge < -0.3 is 20.4 Å². The maximum absolute atomic E-state index is 13.8. The number of ketones is 1. The Morgan fingerprint density at radius 3 is 2.37 bits per heavy atom. The summed E-state index contributed by atoms with van der Waals surface area (Å²) in [5.41, 5.74) is 6.51. The van der Waals surface area contributed by atoms with E-state index in [0.717, 1.165) is 45.9 Å². The highest BCUT2D eigenvalue weighted by atomic mass is 16.2. The standard InChI is InChI=1S/C32H36N4O2/c1-32(2)18-26-30(28(37)19-32)31(23-14-16-24(17-15-23)35(3)4)36(27-13-9-8-12-25(27)34-26)21-29(38)33-20-22-10-6-5-7-11-22/h5-17,31,34H,18-21H2,1-4H3,(H,33,38). The highest BCUT2D eigenvalue weighted by Gasteiger charge is 2.41. The highest BCUT2D eigenvalue weighted by molar-refractivity contribution is 6.02. The van der Waals surface area contributed by atoms with E-state index in [1.54, 1.807) is 0 Å². The third kappa shape index (κ3) is 5.30. The van der Waals surface area contributed by atoms with Gasteiger partial charge in [0.15, 0.2) is 5.78 Å². The van der Waals surface area contributed by atoms with Crippen molar-refractivity contribution in [2.24, 2.45) is 5.41 Å². The molecule has 1 amide bonds. The third-order valence-electron chi connectivity index (χ3n) is 7.38. The summed E-state index contributed by atoms with van der Waals surface area (Å²) >= 11 is 0. The molecule has 2 aliphatic rings. The predicted molar refractivity (Wildman–Crippen MR) is 154 cm³/mol. The van der Waals surface area contributed by atoms with Crippen LogP contribution in [0.3, 0.4) is 0 Å². The first kappa shape index (κ1) is 25.6. The molecule has 196 valence electrons. The topological polar surface area (TPSA) is 64.7 Å². The minimum absolute atomic E-state index is 0.0915. The number of carbonyl (C=O) groups excluding carboxylic acids is 2. The van der Waals surface area contributed by atoms with Crippen molar-refractivity contribution in [2.45, 2.75) is 39.3 Å². The summed E-state index contributed by atoms with van der Waals surface area (Å²) < 4.78 is 0. The lowest BCUT2D eigenvalue weighted by atomic mass is 9.73. The normalized spacial score (nSPS) is 18.2. The van der Waals surface area contributed by atoms with Crippen molar-refractivity contribution < 1.29 is 9.59 Å². The molecular formula is C32H36N4O2. The zero-order valence-corrected chi connectivity index (χ0v) is 22.6. The lowest BCUT2D eigenvalue weighted by molar-refractivity contribution is -0.120. The number of fused-ring (bicyclic) bond motifs is 1. The zero-order chi connectivity index (χ0) is 26.9. The maximum atomic E-state index is 13.8. The number of allylic oxidation sites excluding steroid dienone is 1. The Bertz CT molecular complexity index is 1360. The van der Waals surface area contributed by atoms with Crippen molar-refractivity contribution in [3.05, 3.63) is 101 Å². The van der Waals surface area contributed by atoms with Crippen LogP contribution in [-0.4, -0.2) is 32.3 Å². The van der Waals surface area contributed by atoms with Crippen LogP contribution in [-0.2, 0) is 16.1 Å². The van der Waals surface area contributed by atoms with Crippen molar-refractivity contribution in [1.82, 2.24) is 5.32 Å². The first-order valence-corrected chi connectivity index (χ1v) is 13.2. The molecule has 2 N–H and O–H groups in total. The Hall–Kier alpha value is -4.06. The molecule has 38 heavy (non-hydrogen) atoms. The van der Waals surface area contributed by atoms with E-state index in [1.165, 1.54) is 0 Å². The summed E-state index contributed by atoms with van der Waals surface area (Å²) in [6, 6.07) is 25.9. The number of amides is 1. The van der Waals surface area contributed by atoms with Crippen LogP contribution in [0.1, 0.15) is 43.9 Å². The number of benzene rings is 3. The molecule has 1 unspecified atom stereocenters. The van der Waals surface area contributed by atoms with Crippen LogP contribution < -0.4 is 20.4 Å². The van der Waals surface area contributed by atoms with Crippen LogP contribution >= 0.6 is 0 Å². The lowest BCUT2D eigenvalue weighted by Crippen LogP contribution is -2.41. The van der Waals surface area contributed by atoms with Crippen LogP contribution in [0.4, 0.5) is 17.1 Å². The molecule has 1 aliphatic carbocycles. The van der Waals surface area contributed by atoms with Gasteiger partial charge in [0.1, 0.15) is 0 Å². The SMILES string of the molecule is CN(C)c1ccc(C2C3=C(CC(C)(C)CC3=O)Nc3ccccc3N2CC(=O)NCc2ccccc2)cc1. The molecular weight excluding hydrogens is 472 g/mol. The highest BCUT2D eigenvalue weighted by Crippen LogP contribution is 2.48. The van der Waals surface area contributed by atoms with Gasteiger partial charge >= 0.3 is 0 Å². The Labute approximate surface area is 225 Å². The van der Waals surface area contributed by atoms with Crippen LogP contribution in [0.15, 0.2) is 90.1 Å². The molecule has 0 saturated carbocycles. The summed E-state index contributed by atoms with van der Waals surface area (Å²) in [4.78, 5) is 31.4. The molecule has 3 aromatic rings. The predicted octanol–water partition coefficient (Wildman–Crippen LogP) is 5.69. The second kappa shape index (κ2) is 10.4. The molecule has 0 spiro atoms. The molecule has 1 aliphatic heterocycles. The Morgan fingerprint density at radius 1 is 0.974 bits per heavy atom. The van der Waals surface area contributed by atoms with E-state index in [1.807, 2.05) is 68.7 Å². The quantitative estimate of drug-likeness (QED) is 0.448. The van der Waals surface area contributed by atoms with Crippen molar-refractivity contribution >= 4 is 28.8 Å². The number of para-hydroxylation sites is 2. The molecule has 6 nitrogen and oxygen atoms in total. The maximum Gasteiger partial charge on any atom is 0.239 e. The van der Waals surface area contributed by atoms with E-state index >= 15 is 0 Å². The van der Waals surface area contributed by atoms with Gasteiger partial charge in [0.05, 0.1) is 24.0 Å². The number of anilines is 3. The van der Waals surface area contributed by atoms with E-state index < -0.39 is 0 Å². The summed E-state index contributed by atoms with van der Waals surface area (Å²) in [5.74, 6) is 0.0409. The number of hydrogen-bond acceptors (Lipinski definition) is 5. The van der Waals surface area contributed by atoms with Crippen LogP contribution in [0, 0.1) is 5.41 Å². The van der Waals surface area contributed by atoms with Crippen molar-refractivity contribution in [3.8, 4) is 0 Å². The number of nitrogens with one attached hydrogen (secondary N) is 2. The number of rotatable bonds is 6.